The summed E-state index contributed by atoms with van der Waals surface area (Å²) in [6.07, 6.45) is 2.36. The fourth-order valence-corrected chi connectivity index (χ4v) is 2.75. The third-order valence-corrected chi connectivity index (χ3v) is 4.10. The maximum atomic E-state index is 12.2. The Morgan fingerprint density at radius 3 is 2.39 bits per heavy atom. The Labute approximate surface area is 135 Å². The average Bonchev–Trinajstić information content (AvgIpc) is 2.58. The van der Waals surface area contributed by atoms with Crippen LogP contribution in [0.4, 0.5) is 0 Å². The third kappa shape index (κ3) is 5.39. The number of carbonyl (C=O) groups is 3. The van der Waals surface area contributed by atoms with Gasteiger partial charge in [-0.25, -0.2) is 0 Å². The zero-order valence-corrected chi connectivity index (χ0v) is 13.0. The molecule has 124 valence electrons. The van der Waals surface area contributed by atoms with Gasteiger partial charge in [-0.05, 0) is 24.8 Å². The molecule has 0 atom stereocenters. The van der Waals surface area contributed by atoms with Gasteiger partial charge < -0.3 is 15.3 Å². The largest absolute Gasteiger partial charge is 0.480 e. The minimum atomic E-state index is -1.05. The van der Waals surface area contributed by atoms with Gasteiger partial charge in [-0.15, -0.1) is 0 Å². The SMILES string of the molecule is O=C(O)CNC(=O)C1CCN(C(=O)CCc2ccccc2)CC1. The number of carboxylic acid groups (broad SMARTS) is 1. The van der Waals surface area contributed by atoms with Crippen LogP contribution in [0.1, 0.15) is 24.8 Å². The molecule has 6 nitrogen and oxygen atoms in total. The van der Waals surface area contributed by atoms with E-state index >= 15 is 0 Å². The van der Waals surface area contributed by atoms with E-state index in [4.69, 9.17) is 5.11 Å². The summed E-state index contributed by atoms with van der Waals surface area (Å²) in [5, 5.41) is 11.0. The molecular weight excluding hydrogens is 296 g/mol. The van der Waals surface area contributed by atoms with E-state index in [1.165, 1.54) is 0 Å². The number of nitrogens with zero attached hydrogens (tertiary/aromatic N) is 1. The predicted molar refractivity (Wildman–Crippen MR) is 84.7 cm³/mol. The van der Waals surface area contributed by atoms with E-state index < -0.39 is 5.97 Å². The van der Waals surface area contributed by atoms with Gasteiger partial charge in [0, 0.05) is 25.4 Å². The van der Waals surface area contributed by atoms with Gasteiger partial charge in [0.15, 0.2) is 0 Å². The molecule has 2 N–H and O–H groups in total. The van der Waals surface area contributed by atoms with Crippen molar-refractivity contribution in [2.45, 2.75) is 25.7 Å². The Kier molecular flexibility index (Phi) is 6.14. The summed E-state index contributed by atoms with van der Waals surface area (Å²) in [6.45, 7) is 0.757. The molecule has 0 aliphatic carbocycles. The van der Waals surface area contributed by atoms with Crippen LogP contribution in [0.3, 0.4) is 0 Å². The van der Waals surface area contributed by atoms with E-state index in [-0.39, 0.29) is 24.3 Å². The molecule has 1 aromatic rings. The second-order valence-electron chi connectivity index (χ2n) is 5.75. The lowest BCUT2D eigenvalue weighted by Crippen LogP contribution is -2.43. The normalized spacial score (nSPS) is 15.2. The molecule has 1 aliphatic rings. The highest BCUT2D eigenvalue weighted by Gasteiger charge is 2.27. The molecule has 0 saturated carbocycles. The quantitative estimate of drug-likeness (QED) is 0.821. The third-order valence-electron chi connectivity index (χ3n) is 4.10. The lowest BCUT2D eigenvalue weighted by molar-refractivity contribution is -0.139. The molecule has 23 heavy (non-hydrogen) atoms. The second-order valence-corrected chi connectivity index (χ2v) is 5.75. The fourth-order valence-electron chi connectivity index (χ4n) is 2.75. The Bertz CT molecular complexity index is 551. The number of piperidine rings is 1. The number of benzene rings is 1. The van der Waals surface area contributed by atoms with E-state index in [0.717, 1.165) is 12.0 Å². The maximum absolute atomic E-state index is 12.2. The van der Waals surface area contributed by atoms with E-state index in [1.807, 2.05) is 30.3 Å². The van der Waals surface area contributed by atoms with Crippen LogP contribution in [0.25, 0.3) is 0 Å². The highest BCUT2D eigenvalue weighted by molar-refractivity contribution is 5.83. The minimum Gasteiger partial charge on any atom is -0.480 e. The zero-order valence-electron chi connectivity index (χ0n) is 13.0. The number of rotatable bonds is 6. The van der Waals surface area contributed by atoms with E-state index in [9.17, 15) is 14.4 Å². The van der Waals surface area contributed by atoms with Gasteiger partial charge in [0.25, 0.3) is 0 Å². The number of aliphatic carboxylic acids is 1. The lowest BCUT2D eigenvalue weighted by Gasteiger charge is -2.31. The van der Waals surface area contributed by atoms with Crippen molar-refractivity contribution in [1.29, 1.82) is 0 Å². The van der Waals surface area contributed by atoms with Crippen molar-refractivity contribution in [2.24, 2.45) is 5.92 Å². The molecule has 0 spiro atoms. The van der Waals surface area contributed by atoms with Gasteiger partial charge in [0.05, 0.1) is 0 Å². The molecule has 0 unspecified atom stereocenters. The van der Waals surface area contributed by atoms with Gasteiger partial charge in [0.2, 0.25) is 11.8 Å². The summed E-state index contributed by atoms with van der Waals surface area (Å²) in [6, 6.07) is 9.88. The Morgan fingerprint density at radius 1 is 1.13 bits per heavy atom. The molecule has 1 saturated heterocycles. The molecule has 2 amide bonds. The van der Waals surface area contributed by atoms with Gasteiger partial charge in [-0.3, -0.25) is 14.4 Å². The number of carboxylic acids is 1. The first kappa shape index (κ1) is 17.0. The van der Waals surface area contributed by atoms with Crippen molar-refractivity contribution in [3.8, 4) is 0 Å². The number of hydrogen-bond acceptors (Lipinski definition) is 3. The smallest absolute Gasteiger partial charge is 0.322 e. The summed E-state index contributed by atoms with van der Waals surface area (Å²) in [5.74, 6) is -1.37. The van der Waals surface area contributed by atoms with Crippen LogP contribution in [0.2, 0.25) is 0 Å². The Morgan fingerprint density at radius 2 is 1.78 bits per heavy atom. The van der Waals surface area contributed by atoms with Crippen LogP contribution in [-0.4, -0.2) is 47.4 Å². The Balaban J connectivity index is 1.72. The first-order chi connectivity index (χ1) is 11.1. The van der Waals surface area contributed by atoms with Crippen LogP contribution >= 0.6 is 0 Å². The number of aryl methyl sites for hydroxylation is 1. The number of likely N-dealkylation sites (tertiary alicyclic amines) is 1. The summed E-state index contributed by atoms with van der Waals surface area (Å²) in [4.78, 5) is 36.3. The second kappa shape index (κ2) is 8.31. The van der Waals surface area contributed by atoms with Crippen molar-refractivity contribution in [2.75, 3.05) is 19.6 Å². The lowest BCUT2D eigenvalue weighted by atomic mass is 9.95. The number of amides is 2. The van der Waals surface area contributed by atoms with Gasteiger partial charge in [-0.1, -0.05) is 30.3 Å². The topological polar surface area (TPSA) is 86.7 Å². The van der Waals surface area contributed by atoms with Gasteiger partial charge in [-0.2, -0.15) is 0 Å². The number of carbonyl (C=O) groups excluding carboxylic acids is 2. The van der Waals surface area contributed by atoms with Crippen molar-refractivity contribution in [1.82, 2.24) is 10.2 Å². The molecule has 2 rings (SSSR count). The number of hydrogen-bond donors (Lipinski definition) is 2. The van der Waals surface area contributed by atoms with Crippen LogP contribution in [0.15, 0.2) is 30.3 Å². The standard InChI is InChI=1S/C17H22N2O4/c20-15(7-6-13-4-2-1-3-5-13)19-10-8-14(9-11-19)17(23)18-12-16(21)22/h1-5,14H,6-12H2,(H,18,23)(H,21,22). The first-order valence-electron chi connectivity index (χ1n) is 7.87. The highest BCUT2D eigenvalue weighted by atomic mass is 16.4. The first-order valence-corrected chi connectivity index (χ1v) is 7.87. The van der Waals surface area contributed by atoms with Crippen LogP contribution < -0.4 is 5.32 Å². The van der Waals surface area contributed by atoms with Crippen molar-refractivity contribution >= 4 is 17.8 Å². The van der Waals surface area contributed by atoms with Crippen LogP contribution in [0, 0.1) is 5.92 Å². The molecule has 0 aromatic heterocycles. The molecular formula is C17H22N2O4. The highest BCUT2D eigenvalue weighted by Crippen LogP contribution is 2.18. The molecule has 0 radical (unpaired) electrons. The maximum Gasteiger partial charge on any atom is 0.322 e. The summed E-state index contributed by atoms with van der Waals surface area (Å²) in [5.41, 5.74) is 1.14. The molecule has 1 aliphatic heterocycles. The Hall–Kier alpha value is -2.37. The van der Waals surface area contributed by atoms with Gasteiger partial charge in [0.1, 0.15) is 6.54 Å². The molecule has 1 aromatic carbocycles. The van der Waals surface area contributed by atoms with E-state index in [1.54, 1.807) is 4.90 Å². The molecule has 6 heteroatoms. The van der Waals surface area contributed by atoms with E-state index in [2.05, 4.69) is 5.32 Å². The molecule has 0 bridgehead atoms. The fraction of sp³-hybridized carbons (Fsp3) is 0.471. The predicted octanol–water partition coefficient (Wildman–Crippen LogP) is 1.06. The van der Waals surface area contributed by atoms with Crippen molar-refractivity contribution < 1.29 is 19.5 Å². The van der Waals surface area contributed by atoms with Crippen LogP contribution in [-0.2, 0) is 20.8 Å². The summed E-state index contributed by atoms with van der Waals surface area (Å²) < 4.78 is 0. The zero-order chi connectivity index (χ0) is 16.7. The molecule has 1 heterocycles. The average molecular weight is 318 g/mol. The van der Waals surface area contributed by atoms with Gasteiger partial charge >= 0.3 is 5.97 Å². The molecule has 1 fully saturated rings. The van der Waals surface area contributed by atoms with Crippen LogP contribution in [0.5, 0.6) is 0 Å². The van der Waals surface area contributed by atoms with Crippen molar-refractivity contribution in [3.63, 3.8) is 0 Å². The summed E-state index contributed by atoms with van der Waals surface area (Å²) >= 11 is 0. The number of nitrogens with one attached hydrogen (secondary N) is 1. The minimum absolute atomic E-state index is 0.109. The van der Waals surface area contributed by atoms with E-state index in [0.29, 0.717) is 32.4 Å². The summed E-state index contributed by atoms with van der Waals surface area (Å²) in [7, 11) is 0. The monoisotopic (exact) mass is 318 g/mol. The van der Waals surface area contributed by atoms with Crippen molar-refractivity contribution in [3.05, 3.63) is 35.9 Å².